The maximum Gasteiger partial charge on any atom is 0.0638 e. The van der Waals surface area contributed by atoms with Gasteiger partial charge in [0.1, 0.15) is 0 Å². The van der Waals surface area contributed by atoms with Crippen molar-refractivity contribution < 1.29 is 5.48 Å². The molecule has 0 bridgehead atoms. The summed E-state index contributed by atoms with van der Waals surface area (Å²) in [4.78, 5) is 0. The first kappa shape index (κ1) is 5.91. The first-order valence-corrected chi connectivity index (χ1v) is 2.57. The van der Waals surface area contributed by atoms with E-state index >= 15 is 0 Å². The Morgan fingerprint density at radius 2 is 2.22 bits per heavy atom. The fraction of sp³-hybridized carbons (Fsp3) is 0. The number of aromatic nitrogens is 2. The quantitative estimate of drug-likeness (QED) is 0.530. The normalized spacial score (nSPS) is 9.33. The van der Waals surface area contributed by atoms with Gasteiger partial charge in [-0.15, -0.1) is 0 Å². The summed E-state index contributed by atoms with van der Waals surface area (Å²) in [6, 6.07) is 6.09. The maximum absolute atomic E-state index is 3.02. The molecule has 48 valence electrons. The molecule has 0 aliphatic heterocycles. The summed E-state index contributed by atoms with van der Waals surface area (Å²) < 4.78 is 1.96. The first-order chi connectivity index (χ1) is 3.97. The molecule has 0 amide bonds. The minimum atomic E-state index is 0. The third-order valence-corrected chi connectivity index (χ3v) is 1.25. The molecule has 3 nitrogen and oxygen atoms in total. The predicted octanol–water partition coefficient (Wildman–Crippen LogP) is 0.443. The molecule has 0 unspecified atom stereocenters. The van der Waals surface area contributed by atoms with Crippen LogP contribution in [0.3, 0.4) is 0 Å². The molecule has 2 aromatic rings. The zero-order valence-electron chi connectivity index (χ0n) is 4.83. The molecule has 2 rings (SSSR count). The van der Waals surface area contributed by atoms with Crippen LogP contribution in [0.15, 0.2) is 30.6 Å². The van der Waals surface area contributed by atoms with E-state index in [4.69, 9.17) is 0 Å². The Hall–Kier alpha value is -1.22. The van der Waals surface area contributed by atoms with Gasteiger partial charge < -0.3 is 10.6 Å². The monoisotopic (exact) mass is 124 g/mol. The molecular formula is C6H8N2O. The van der Waals surface area contributed by atoms with Gasteiger partial charge in [-0.25, -0.2) is 0 Å². The number of hydrogen-bond acceptors (Lipinski definition) is 0. The van der Waals surface area contributed by atoms with Gasteiger partial charge in [0.2, 0.25) is 0 Å². The van der Waals surface area contributed by atoms with Gasteiger partial charge in [0.05, 0.1) is 5.52 Å². The number of nitrogens with zero attached hydrogens (tertiary/aromatic N) is 1. The lowest BCUT2D eigenvalue weighted by atomic mass is 10.5. The summed E-state index contributed by atoms with van der Waals surface area (Å²) in [6.07, 6.45) is 3.89. The van der Waals surface area contributed by atoms with Crippen molar-refractivity contribution in [1.82, 2.24) is 9.61 Å². The largest absolute Gasteiger partial charge is 0.412 e. The Balaban J connectivity index is 0.000000405. The Morgan fingerprint density at radius 3 is 3.00 bits per heavy atom. The van der Waals surface area contributed by atoms with Crippen molar-refractivity contribution in [2.45, 2.75) is 0 Å². The molecule has 3 heteroatoms. The van der Waals surface area contributed by atoms with Crippen molar-refractivity contribution in [3.05, 3.63) is 30.6 Å². The molecule has 0 aromatic carbocycles. The lowest BCUT2D eigenvalue weighted by Crippen LogP contribution is -1.74. The van der Waals surface area contributed by atoms with Crippen LogP contribution in [0.1, 0.15) is 0 Å². The van der Waals surface area contributed by atoms with Gasteiger partial charge in [0.15, 0.2) is 0 Å². The molecule has 0 spiro atoms. The minimum Gasteiger partial charge on any atom is -0.412 e. The van der Waals surface area contributed by atoms with E-state index in [0.29, 0.717) is 0 Å². The number of rotatable bonds is 0. The zero-order valence-corrected chi connectivity index (χ0v) is 4.83. The summed E-state index contributed by atoms with van der Waals surface area (Å²) in [6.45, 7) is 0. The second-order valence-corrected chi connectivity index (χ2v) is 1.77. The SMILES string of the molecule is O.c1cc2cc[nH]n2c1. The number of hydrogen-bond donors (Lipinski definition) is 1. The highest BCUT2D eigenvalue weighted by atomic mass is 16.0. The predicted molar refractivity (Wildman–Crippen MR) is 35.4 cm³/mol. The minimum absolute atomic E-state index is 0. The number of fused-ring (bicyclic) bond motifs is 1. The molecule has 0 saturated heterocycles. The van der Waals surface area contributed by atoms with Crippen LogP contribution in [0.5, 0.6) is 0 Å². The zero-order chi connectivity index (χ0) is 5.40. The van der Waals surface area contributed by atoms with Crippen LogP contribution in [-0.4, -0.2) is 15.1 Å². The van der Waals surface area contributed by atoms with Crippen molar-refractivity contribution >= 4 is 5.52 Å². The van der Waals surface area contributed by atoms with Gasteiger partial charge in [-0.3, -0.25) is 4.52 Å². The van der Waals surface area contributed by atoms with Crippen LogP contribution in [0, 0.1) is 0 Å². The number of aromatic amines is 1. The molecule has 0 radical (unpaired) electrons. The summed E-state index contributed by atoms with van der Waals surface area (Å²) in [5.41, 5.74) is 1.21. The smallest absolute Gasteiger partial charge is 0.0638 e. The van der Waals surface area contributed by atoms with Gasteiger partial charge in [0, 0.05) is 12.4 Å². The van der Waals surface area contributed by atoms with E-state index in [9.17, 15) is 0 Å². The highest BCUT2D eigenvalue weighted by Gasteiger charge is 1.85. The fourth-order valence-electron chi connectivity index (χ4n) is 0.850. The van der Waals surface area contributed by atoms with E-state index in [2.05, 4.69) is 11.2 Å². The van der Waals surface area contributed by atoms with Crippen LogP contribution in [0.2, 0.25) is 0 Å². The van der Waals surface area contributed by atoms with E-state index in [1.54, 1.807) is 0 Å². The first-order valence-electron chi connectivity index (χ1n) is 2.57. The molecule has 0 aliphatic rings. The third kappa shape index (κ3) is 0.709. The van der Waals surface area contributed by atoms with Gasteiger partial charge in [-0.1, -0.05) is 0 Å². The summed E-state index contributed by atoms with van der Waals surface area (Å²) >= 11 is 0. The molecule has 3 N–H and O–H groups in total. The molecule has 9 heavy (non-hydrogen) atoms. The van der Waals surface area contributed by atoms with Crippen molar-refractivity contribution in [1.29, 1.82) is 0 Å². The summed E-state index contributed by atoms with van der Waals surface area (Å²) in [5.74, 6) is 0. The number of nitrogens with one attached hydrogen (secondary N) is 1. The molecule has 0 fully saturated rings. The highest BCUT2D eigenvalue weighted by Crippen LogP contribution is 1.99. The maximum atomic E-state index is 3.02. The lowest BCUT2D eigenvalue weighted by Gasteiger charge is -1.76. The van der Waals surface area contributed by atoms with Gasteiger partial charge >= 0.3 is 0 Å². The topological polar surface area (TPSA) is 51.7 Å². The van der Waals surface area contributed by atoms with E-state index in [1.807, 2.05) is 29.0 Å². The van der Waals surface area contributed by atoms with E-state index in [-0.39, 0.29) is 5.48 Å². The summed E-state index contributed by atoms with van der Waals surface area (Å²) in [5, 5.41) is 3.02. The van der Waals surface area contributed by atoms with Gasteiger partial charge in [0.25, 0.3) is 0 Å². The van der Waals surface area contributed by atoms with E-state index in [0.717, 1.165) is 0 Å². The molecule has 0 saturated carbocycles. The van der Waals surface area contributed by atoms with Crippen molar-refractivity contribution in [3.8, 4) is 0 Å². The Kier molecular flexibility index (Phi) is 1.28. The van der Waals surface area contributed by atoms with Gasteiger partial charge in [-0.05, 0) is 18.2 Å². The highest BCUT2D eigenvalue weighted by molar-refractivity contribution is 5.45. The van der Waals surface area contributed by atoms with Crippen LogP contribution in [0.25, 0.3) is 5.52 Å². The molecule has 2 heterocycles. The van der Waals surface area contributed by atoms with Crippen molar-refractivity contribution in [2.75, 3.05) is 0 Å². The summed E-state index contributed by atoms with van der Waals surface area (Å²) in [7, 11) is 0. The van der Waals surface area contributed by atoms with Gasteiger partial charge in [-0.2, -0.15) is 0 Å². The second kappa shape index (κ2) is 1.95. The lowest BCUT2D eigenvalue weighted by molar-refractivity contribution is 0.824. The average molecular weight is 124 g/mol. The van der Waals surface area contributed by atoms with Crippen LogP contribution >= 0.6 is 0 Å². The van der Waals surface area contributed by atoms with Crippen LogP contribution in [-0.2, 0) is 0 Å². The molecule has 0 atom stereocenters. The Labute approximate surface area is 52.2 Å². The van der Waals surface area contributed by atoms with Crippen LogP contribution < -0.4 is 0 Å². The average Bonchev–Trinajstić information content (AvgIpc) is 2.15. The molecule has 2 aromatic heterocycles. The Morgan fingerprint density at radius 1 is 1.33 bits per heavy atom. The second-order valence-electron chi connectivity index (χ2n) is 1.77. The molecular weight excluding hydrogens is 116 g/mol. The number of H-pyrrole nitrogens is 1. The van der Waals surface area contributed by atoms with E-state index in [1.165, 1.54) is 5.52 Å². The Bertz CT molecular complexity index is 232. The fourth-order valence-corrected chi connectivity index (χ4v) is 0.850. The van der Waals surface area contributed by atoms with E-state index < -0.39 is 0 Å². The van der Waals surface area contributed by atoms with Crippen molar-refractivity contribution in [2.24, 2.45) is 0 Å². The van der Waals surface area contributed by atoms with Crippen LogP contribution in [0.4, 0.5) is 0 Å². The standard InChI is InChI=1S/C6H6N2.H2O/c1-2-6-3-4-7-8(6)5-1;/h1-5,7H;1H2. The van der Waals surface area contributed by atoms with Crippen molar-refractivity contribution in [3.63, 3.8) is 0 Å². The molecule has 0 aliphatic carbocycles. The third-order valence-electron chi connectivity index (χ3n) is 1.25.